The largest absolute Gasteiger partial charge is 0.371 e. The van der Waals surface area contributed by atoms with Gasteiger partial charge < -0.3 is 5.32 Å². The van der Waals surface area contributed by atoms with Crippen molar-refractivity contribution in [2.45, 2.75) is 64.8 Å². The van der Waals surface area contributed by atoms with Gasteiger partial charge in [0.2, 0.25) is 0 Å². The molecule has 92 valence electrons. The Kier molecular flexibility index (Phi) is 4.25. The van der Waals surface area contributed by atoms with Crippen molar-refractivity contribution in [2.24, 2.45) is 16.8 Å². The number of hydrogen-bond acceptors (Lipinski definition) is 2. The van der Waals surface area contributed by atoms with Crippen molar-refractivity contribution in [1.29, 1.82) is 0 Å². The summed E-state index contributed by atoms with van der Waals surface area (Å²) in [5, 5.41) is 3.74. The summed E-state index contributed by atoms with van der Waals surface area (Å²) < 4.78 is 0. The van der Waals surface area contributed by atoms with Crippen molar-refractivity contribution >= 4 is 5.84 Å². The highest BCUT2D eigenvalue weighted by atomic mass is 15.0. The second-order valence-corrected chi connectivity index (χ2v) is 5.73. The smallest absolute Gasteiger partial charge is 0.0965 e. The van der Waals surface area contributed by atoms with E-state index in [-0.39, 0.29) is 0 Å². The maximum atomic E-state index is 4.69. The number of nitrogens with zero attached hydrogens (tertiary/aromatic N) is 1. The van der Waals surface area contributed by atoms with Crippen LogP contribution in [0.4, 0.5) is 0 Å². The Labute approximate surface area is 99.9 Å². The summed E-state index contributed by atoms with van der Waals surface area (Å²) in [4.78, 5) is 4.69. The Morgan fingerprint density at radius 2 is 2.00 bits per heavy atom. The number of nitrogens with one attached hydrogen (secondary N) is 1. The molecule has 0 aromatic rings. The van der Waals surface area contributed by atoms with E-state index in [1.54, 1.807) is 0 Å². The molecule has 16 heavy (non-hydrogen) atoms. The second-order valence-electron chi connectivity index (χ2n) is 5.73. The van der Waals surface area contributed by atoms with Gasteiger partial charge in [-0.3, -0.25) is 4.99 Å². The highest BCUT2D eigenvalue weighted by Gasteiger charge is 2.29. The third-order valence-corrected chi connectivity index (χ3v) is 4.15. The lowest BCUT2D eigenvalue weighted by molar-refractivity contribution is 0.338. The summed E-state index contributed by atoms with van der Waals surface area (Å²) in [6.07, 6.45) is 9.29. The summed E-state index contributed by atoms with van der Waals surface area (Å²) in [6.45, 7) is 5.76. The van der Waals surface area contributed by atoms with Crippen LogP contribution in [0.2, 0.25) is 0 Å². The molecule has 0 saturated heterocycles. The summed E-state index contributed by atoms with van der Waals surface area (Å²) >= 11 is 0. The fourth-order valence-corrected chi connectivity index (χ4v) is 3.17. The minimum atomic E-state index is 0.705. The number of hydrogen-bond donors (Lipinski definition) is 1. The predicted octanol–water partition coefficient (Wildman–Crippen LogP) is 3.37. The van der Waals surface area contributed by atoms with Gasteiger partial charge in [-0.1, -0.05) is 26.7 Å². The molecule has 2 atom stereocenters. The lowest BCUT2D eigenvalue weighted by Gasteiger charge is -2.25. The third kappa shape index (κ3) is 2.99. The molecule has 0 radical (unpaired) electrons. The Bertz CT molecular complexity index is 245. The molecule has 0 bridgehead atoms. The summed E-state index contributed by atoms with van der Waals surface area (Å²) in [5.74, 6) is 2.98. The van der Waals surface area contributed by atoms with Crippen molar-refractivity contribution in [1.82, 2.24) is 5.32 Å². The molecule has 1 N–H and O–H groups in total. The van der Waals surface area contributed by atoms with E-state index in [0.29, 0.717) is 6.04 Å². The quantitative estimate of drug-likeness (QED) is 0.761. The summed E-state index contributed by atoms with van der Waals surface area (Å²) in [5.41, 5.74) is 0. The lowest BCUT2D eigenvalue weighted by atomic mass is 9.91. The molecule has 1 aliphatic heterocycles. The maximum Gasteiger partial charge on any atom is 0.0965 e. The number of amidine groups is 1. The summed E-state index contributed by atoms with van der Waals surface area (Å²) in [7, 11) is 0. The average Bonchev–Trinajstić information content (AvgIpc) is 2.55. The molecule has 2 rings (SSSR count). The zero-order valence-electron chi connectivity index (χ0n) is 10.8. The van der Waals surface area contributed by atoms with E-state index in [4.69, 9.17) is 0 Å². The fraction of sp³-hybridized carbons (Fsp3) is 0.929. The van der Waals surface area contributed by atoms with E-state index in [9.17, 15) is 0 Å². The van der Waals surface area contributed by atoms with Crippen LogP contribution < -0.4 is 5.32 Å². The number of aliphatic imine (C=N–C) groups is 1. The van der Waals surface area contributed by atoms with E-state index in [1.807, 2.05) is 0 Å². The van der Waals surface area contributed by atoms with Gasteiger partial charge in [-0.25, -0.2) is 0 Å². The Morgan fingerprint density at radius 3 is 2.81 bits per heavy atom. The van der Waals surface area contributed by atoms with Crippen molar-refractivity contribution in [3.63, 3.8) is 0 Å². The predicted molar refractivity (Wildman–Crippen MR) is 69.9 cm³/mol. The van der Waals surface area contributed by atoms with Gasteiger partial charge in [0.05, 0.1) is 5.84 Å². The topological polar surface area (TPSA) is 24.4 Å². The van der Waals surface area contributed by atoms with Crippen LogP contribution >= 0.6 is 0 Å². The van der Waals surface area contributed by atoms with Crippen LogP contribution in [-0.4, -0.2) is 18.4 Å². The van der Waals surface area contributed by atoms with E-state index >= 15 is 0 Å². The molecular weight excluding hydrogens is 196 g/mol. The number of rotatable bonds is 2. The first-order chi connectivity index (χ1) is 7.77. The van der Waals surface area contributed by atoms with Crippen LogP contribution in [0.3, 0.4) is 0 Å². The third-order valence-electron chi connectivity index (χ3n) is 4.15. The first-order valence-corrected chi connectivity index (χ1v) is 7.07. The highest BCUT2D eigenvalue weighted by Crippen LogP contribution is 2.31. The molecule has 2 aliphatic rings. The zero-order valence-corrected chi connectivity index (χ0v) is 10.8. The molecule has 1 fully saturated rings. The van der Waals surface area contributed by atoms with Gasteiger partial charge in [-0.15, -0.1) is 0 Å². The molecule has 0 amide bonds. The molecule has 1 aliphatic carbocycles. The van der Waals surface area contributed by atoms with Crippen LogP contribution in [0.15, 0.2) is 4.99 Å². The first kappa shape index (κ1) is 11.9. The van der Waals surface area contributed by atoms with Crippen LogP contribution in [0.1, 0.15) is 58.8 Å². The maximum absolute atomic E-state index is 4.69. The van der Waals surface area contributed by atoms with E-state index in [2.05, 4.69) is 24.2 Å². The van der Waals surface area contributed by atoms with Crippen LogP contribution in [0.5, 0.6) is 0 Å². The van der Waals surface area contributed by atoms with E-state index in [0.717, 1.165) is 18.4 Å². The first-order valence-electron chi connectivity index (χ1n) is 7.07. The second kappa shape index (κ2) is 5.70. The van der Waals surface area contributed by atoms with Gasteiger partial charge in [-0.05, 0) is 37.5 Å². The Hall–Kier alpha value is -0.530. The van der Waals surface area contributed by atoms with Gasteiger partial charge in [0.15, 0.2) is 0 Å². The fourth-order valence-electron chi connectivity index (χ4n) is 3.17. The molecule has 2 heteroatoms. The van der Waals surface area contributed by atoms with E-state index < -0.39 is 0 Å². The molecule has 0 aromatic carbocycles. The highest BCUT2D eigenvalue weighted by molar-refractivity contribution is 5.82. The monoisotopic (exact) mass is 222 g/mol. The van der Waals surface area contributed by atoms with Gasteiger partial charge in [-0.2, -0.15) is 0 Å². The SMILES string of the molecule is CC(C)[C@H]1CCC[C@H]1NC1=NCCCCC1. The minimum Gasteiger partial charge on any atom is -0.371 e. The van der Waals surface area contributed by atoms with Crippen molar-refractivity contribution in [3.05, 3.63) is 0 Å². The molecule has 1 heterocycles. The van der Waals surface area contributed by atoms with Crippen molar-refractivity contribution < 1.29 is 0 Å². The molecule has 0 aromatic heterocycles. The van der Waals surface area contributed by atoms with Crippen molar-refractivity contribution in [3.8, 4) is 0 Å². The molecule has 0 spiro atoms. The zero-order chi connectivity index (χ0) is 11.4. The summed E-state index contributed by atoms with van der Waals surface area (Å²) in [6, 6.07) is 0.705. The van der Waals surface area contributed by atoms with Crippen LogP contribution in [0, 0.1) is 11.8 Å². The van der Waals surface area contributed by atoms with Gasteiger partial charge in [0.1, 0.15) is 0 Å². The van der Waals surface area contributed by atoms with Crippen molar-refractivity contribution in [2.75, 3.05) is 6.54 Å². The van der Waals surface area contributed by atoms with E-state index in [1.165, 1.54) is 50.8 Å². The molecule has 2 nitrogen and oxygen atoms in total. The van der Waals surface area contributed by atoms with Crippen LogP contribution in [-0.2, 0) is 0 Å². The van der Waals surface area contributed by atoms with Gasteiger partial charge in [0.25, 0.3) is 0 Å². The average molecular weight is 222 g/mol. The van der Waals surface area contributed by atoms with Crippen LogP contribution in [0.25, 0.3) is 0 Å². The Morgan fingerprint density at radius 1 is 1.12 bits per heavy atom. The van der Waals surface area contributed by atoms with Gasteiger partial charge in [0, 0.05) is 19.0 Å². The normalized spacial score (nSPS) is 31.3. The standard InChI is InChI=1S/C14H26N2/c1-11(2)12-7-6-8-13(12)16-14-9-4-3-5-10-15-14/h11-13H,3-10H2,1-2H3,(H,15,16)/t12-,13-/m1/s1. The molecule has 1 saturated carbocycles. The minimum absolute atomic E-state index is 0.705. The lowest BCUT2D eigenvalue weighted by Crippen LogP contribution is -2.39. The van der Waals surface area contributed by atoms with Gasteiger partial charge >= 0.3 is 0 Å². The molecular formula is C14H26N2. The molecule has 0 unspecified atom stereocenters. The Balaban J connectivity index is 1.90.